The predicted molar refractivity (Wildman–Crippen MR) is 25.1 cm³/mol. The van der Waals surface area contributed by atoms with Gasteiger partial charge >= 0.3 is 0 Å². The second-order valence-electron chi connectivity index (χ2n) is 0.977. The quantitative estimate of drug-likeness (QED) is 0.636. The smallest absolute Gasteiger partial charge is 0 e. The van der Waals surface area contributed by atoms with E-state index in [0.717, 1.165) is 6.42 Å². The first kappa shape index (κ1) is 9.66. The van der Waals surface area contributed by atoms with Gasteiger partial charge in [-0.25, -0.2) is 0 Å². The fraction of sp³-hybridized carbons (Fsp3) is 0.600. The van der Waals surface area contributed by atoms with Gasteiger partial charge < -0.3 is 0 Å². The molecule has 0 aliphatic heterocycles. The Bertz CT molecular complexity index is 30.9. The summed E-state index contributed by atoms with van der Waals surface area (Å²) < 4.78 is 0. The molecule has 0 nitrogen and oxygen atoms in total. The van der Waals surface area contributed by atoms with E-state index in [1.54, 1.807) is 0 Å². The molecular formula is C5H10Pt. The van der Waals surface area contributed by atoms with E-state index in [2.05, 4.69) is 19.1 Å². The molecule has 0 bridgehead atoms. The Labute approximate surface area is 53.9 Å². The summed E-state index contributed by atoms with van der Waals surface area (Å²) in [5, 5.41) is 0. The second kappa shape index (κ2) is 9.06. The van der Waals surface area contributed by atoms with Crippen molar-refractivity contribution in [3.05, 3.63) is 12.2 Å². The van der Waals surface area contributed by atoms with Crippen LogP contribution in [0.3, 0.4) is 0 Å². The molecule has 0 saturated heterocycles. The van der Waals surface area contributed by atoms with E-state index < -0.39 is 0 Å². The second-order valence-corrected chi connectivity index (χ2v) is 0.977. The molecular weight excluding hydrogens is 255 g/mol. The number of allylic oxidation sites excluding steroid dienone is 2. The molecule has 0 rings (SSSR count). The summed E-state index contributed by atoms with van der Waals surface area (Å²) in [5.41, 5.74) is 0. The maximum absolute atomic E-state index is 2.12. The molecule has 0 heterocycles. The average molecular weight is 265 g/mol. The van der Waals surface area contributed by atoms with E-state index >= 15 is 0 Å². The Hall–Kier alpha value is 0.428. The van der Waals surface area contributed by atoms with Gasteiger partial charge in [0.2, 0.25) is 0 Å². The van der Waals surface area contributed by atoms with Gasteiger partial charge in [-0.15, -0.1) is 0 Å². The van der Waals surface area contributed by atoms with E-state index in [4.69, 9.17) is 0 Å². The van der Waals surface area contributed by atoms with Gasteiger partial charge in [0.25, 0.3) is 0 Å². The van der Waals surface area contributed by atoms with Crippen molar-refractivity contribution in [1.82, 2.24) is 0 Å². The standard InChI is InChI=1S/C5H10.Pt/c1-3-5-4-2;/h3,5H,4H2,1-2H3;. The van der Waals surface area contributed by atoms with Crippen molar-refractivity contribution in [2.24, 2.45) is 0 Å². The average Bonchev–Trinajstić information content (AvgIpc) is 1.41. The monoisotopic (exact) mass is 265 g/mol. The molecule has 6 heavy (non-hydrogen) atoms. The maximum Gasteiger partial charge on any atom is 0 e. The van der Waals surface area contributed by atoms with Gasteiger partial charge in [-0.3, -0.25) is 0 Å². The minimum atomic E-state index is 0. The van der Waals surface area contributed by atoms with Crippen LogP contribution in [0.15, 0.2) is 12.2 Å². The first-order valence-corrected chi connectivity index (χ1v) is 2.03. The summed E-state index contributed by atoms with van der Waals surface area (Å²) in [6.07, 6.45) is 5.34. The van der Waals surface area contributed by atoms with Gasteiger partial charge in [0.1, 0.15) is 0 Å². The molecule has 0 aromatic rings. The van der Waals surface area contributed by atoms with Crippen LogP contribution in [0, 0.1) is 0 Å². The molecule has 0 fully saturated rings. The van der Waals surface area contributed by atoms with Crippen LogP contribution in [-0.4, -0.2) is 0 Å². The maximum atomic E-state index is 2.12. The Morgan fingerprint density at radius 2 is 2.00 bits per heavy atom. The van der Waals surface area contributed by atoms with Gasteiger partial charge in [-0.2, -0.15) is 0 Å². The van der Waals surface area contributed by atoms with E-state index in [-0.39, 0.29) is 21.1 Å². The van der Waals surface area contributed by atoms with Crippen molar-refractivity contribution in [2.75, 3.05) is 0 Å². The van der Waals surface area contributed by atoms with Crippen molar-refractivity contribution in [3.8, 4) is 0 Å². The van der Waals surface area contributed by atoms with E-state index in [1.165, 1.54) is 0 Å². The molecule has 0 atom stereocenters. The number of rotatable bonds is 1. The zero-order valence-corrected chi connectivity index (χ0v) is 6.45. The number of hydrogen-bond donors (Lipinski definition) is 0. The third kappa shape index (κ3) is 8.83. The van der Waals surface area contributed by atoms with Crippen molar-refractivity contribution >= 4 is 0 Å². The van der Waals surface area contributed by atoms with Gasteiger partial charge in [-0.1, -0.05) is 19.1 Å². The van der Waals surface area contributed by atoms with Crippen molar-refractivity contribution in [3.63, 3.8) is 0 Å². The van der Waals surface area contributed by atoms with Crippen LogP contribution in [0.4, 0.5) is 0 Å². The van der Waals surface area contributed by atoms with Crippen LogP contribution in [0.25, 0.3) is 0 Å². The molecule has 0 radical (unpaired) electrons. The fourth-order valence-corrected chi connectivity index (χ4v) is 0.236. The van der Waals surface area contributed by atoms with Crippen LogP contribution in [0.5, 0.6) is 0 Å². The Morgan fingerprint density at radius 1 is 1.50 bits per heavy atom. The van der Waals surface area contributed by atoms with Gasteiger partial charge in [0.15, 0.2) is 0 Å². The zero-order valence-electron chi connectivity index (χ0n) is 4.18. The van der Waals surface area contributed by atoms with Crippen molar-refractivity contribution < 1.29 is 21.1 Å². The van der Waals surface area contributed by atoms with Crippen molar-refractivity contribution in [1.29, 1.82) is 0 Å². The molecule has 0 aromatic carbocycles. The Morgan fingerprint density at radius 3 is 2.00 bits per heavy atom. The van der Waals surface area contributed by atoms with Crippen LogP contribution in [0.1, 0.15) is 20.3 Å². The summed E-state index contributed by atoms with van der Waals surface area (Å²) in [6, 6.07) is 0. The summed E-state index contributed by atoms with van der Waals surface area (Å²) in [4.78, 5) is 0. The SMILES string of the molecule is CC=CCC.[Pt]. The van der Waals surface area contributed by atoms with E-state index in [9.17, 15) is 0 Å². The molecule has 0 aliphatic carbocycles. The zero-order chi connectivity index (χ0) is 4.12. The van der Waals surface area contributed by atoms with Crippen LogP contribution in [0.2, 0.25) is 0 Å². The molecule has 40 valence electrons. The molecule has 1 heteroatoms. The third-order valence-corrected chi connectivity index (χ3v) is 0.471. The van der Waals surface area contributed by atoms with E-state index in [0.29, 0.717) is 0 Å². The Balaban J connectivity index is 0. The predicted octanol–water partition coefficient (Wildman–Crippen LogP) is 1.97. The summed E-state index contributed by atoms with van der Waals surface area (Å²) >= 11 is 0. The molecule has 0 spiro atoms. The summed E-state index contributed by atoms with van der Waals surface area (Å²) in [7, 11) is 0. The Kier molecular flexibility index (Phi) is 14.6. The third-order valence-electron chi connectivity index (χ3n) is 0.471. The summed E-state index contributed by atoms with van der Waals surface area (Å²) in [5.74, 6) is 0. The molecule has 0 saturated carbocycles. The minimum absolute atomic E-state index is 0. The first-order chi connectivity index (χ1) is 2.41. The van der Waals surface area contributed by atoms with Crippen LogP contribution >= 0.6 is 0 Å². The molecule has 0 unspecified atom stereocenters. The van der Waals surface area contributed by atoms with Crippen LogP contribution < -0.4 is 0 Å². The molecule has 0 N–H and O–H groups in total. The fourth-order valence-electron chi connectivity index (χ4n) is 0.236. The molecule has 0 aromatic heterocycles. The van der Waals surface area contributed by atoms with Crippen molar-refractivity contribution in [2.45, 2.75) is 20.3 Å². The summed E-state index contributed by atoms with van der Waals surface area (Å²) in [6.45, 7) is 4.16. The normalized spacial score (nSPS) is 8.33. The van der Waals surface area contributed by atoms with Gasteiger partial charge in [-0.05, 0) is 13.3 Å². The molecule has 0 amide bonds. The van der Waals surface area contributed by atoms with Gasteiger partial charge in [0.05, 0.1) is 0 Å². The number of hydrogen-bond acceptors (Lipinski definition) is 0. The topological polar surface area (TPSA) is 0 Å². The molecule has 0 aliphatic rings. The van der Waals surface area contributed by atoms with Gasteiger partial charge in [0, 0.05) is 21.1 Å². The first-order valence-electron chi connectivity index (χ1n) is 2.03. The van der Waals surface area contributed by atoms with Crippen LogP contribution in [-0.2, 0) is 21.1 Å². The largest absolute Gasteiger partial charge is 0.0917 e. The minimum Gasteiger partial charge on any atom is -0.0917 e. The van der Waals surface area contributed by atoms with E-state index in [1.807, 2.05) is 6.92 Å².